The molecule has 7 heteroatoms. The van der Waals surface area contributed by atoms with Gasteiger partial charge in [-0.3, -0.25) is 9.36 Å². The number of hydrogen-bond donors (Lipinski definition) is 2. The summed E-state index contributed by atoms with van der Waals surface area (Å²) in [6, 6.07) is 16.3. The molecule has 1 aliphatic rings. The zero-order chi connectivity index (χ0) is 19.3. The van der Waals surface area contributed by atoms with Gasteiger partial charge in [-0.1, -0.05) is 42.5 Å². The van der Waals surface area contributed by atoms with Gasteiger partial charge in [-0.05, 0) is 42.9 Å². The average Bonchev–Trinajstić information content (AvgIpc) is 2.67. The summed E-state index contributed by atoms with van der Waals surface area (Å²) in [5.74, 6) is 0.458. The van der Waals surface area contributed by atoms with Crippen LogP contribution in [0.1, 0.15) is 18.4 Å². The van der Waals surface area contributed by atoms with Crippen LogP contribution >= 0.6 is 7.60 Å². The SMILES string of the molecule is O=C(COc1ccccc1P(=O)(O)O)N1CCC(Cc2ccccc2)CC1. The molecule has 0 atom stereocenters. The van der Waals surface area contributed by atoms with Crippen LogP contribution < -0.4 is 10.0 Å². The molecule has 2 aromatic rings. The van der Waals surface area contributed by atoms with E-state index in [0.717, 1.165) is 19.3 Å². The number of likely N-dealkylation sites (tertiary alicyclic amines) is 1. The molecule has 0 saturated carbocycles. The fourth-order valence-electron chi connectivity index (χ4n) is 3.38. The lowest BCUT2D eigenvalue weighted by molar-refractivity contribution is -0.134. The van der Waals surface area contributed by atoms with Crippen molar-refractivity contribution in [2.45, 2.75) is 19.3 Å². The Hall–Kier alpha value is -2.14. The number of benzene rings is 2. The van der Waals surface area contributed by atoms with Gasteiger partial charge in [0, 0.05) is 13.1 Å². The first kappa shape index (κ1) is 19.6. The molecule has 1 amide bonds. The minimum atomic E-state index is -4.44. The average molecular weight is 389 g/mol. The molecule has 1 saturated heterocycles. The Bertz CT molecular complexity index is 812. The number of amides is 1. The number of carbonyl (C=O) groups is 1. The fourth-order valence-corrected chi connectivity index (χ4v) is 4.09. The van der Waals surface area contributed by atoms with Gasteiger partial charge >= 0.3 is 7.60 Å². The lowest BCUT2D eigenvalue weighted by Gasteiger charge is -2.32. The van der Waals surface area contributed by atoms with Gasteiger partial charge in [0.15, 0.2) is 6.61 Å². The molecule has 0 bridgehead atoms. The van der Waals surface area contributed by atoms with E-state index >= 15 is 0 Å². The maximum atomic E-state index is 12.4. The van der Waals surface area contributed by atoms with Gasteiger partial charge in [-0.15, -0.1) is 0 Å². The van der Waals surface area contributed by atoms with Gasteiger partial charge < -0.3 is 19.4 Å². The second kappa shape index (κ2) is 8.70. The van der Waals surface area contributed by atoms with E-state index in [9.17, 15) is 19.1 Å². The molecule has 27 heavy (non-hydrogen) atoms. The van der Waals surface area contributed by atoms with Gasteiger partial charge in [-0.2, -0.15) is 0 Å². The molecule has 3 rings (SSSR count). The van der Waals surface area contributed by atoms with Gasteiger partial charge in [0.1, 0.15) is 11.1 Å². The molecule has 2 aromatic carbocycles. The summed E-state index contributed by atoms with van der Waals surface area (Å²) in [5, 5.41) is -0.195. The molecule has 2 N–H and O–H groups in total. The van der Waals surface area contributed by atoms with Crippen LogP contribution in [0.15, 0.2) is 54.6 Å². The third-order valence-corrected chi connectivity index (χ3v) is 5.86. The van der Waals surface area contributed by atoms with Crippen LogP contribution in [0.2, 0.25) is 0 Å². The summed E-state index contributed by atoms with van der Waals surface area (Å²) < 4.78 is 16.9. The predicted octanol–water partition coefficient (Wildman–Crippen LogP) is 2.35. The van der Waals surface area contributed by atoms with Crippen molar-refractivity contribution in [3.8, 4) is 5.75 Å². The van der Waals surface area contributed by atoms with Crippen LogP contribution in [0.25, 0.3) is 0 Å². The second-order valence-electron chi connectivity index (χ2n) is 6.81. The Morgan fingerprint density at radius 3 is 2.33 bits per heavy atom. The van der Waals surface area contributed by atoms with Crippen molar-refractivity contribution in [3.05, 3.63) is 60.2 Å². The van der Waals surface area contributed by atoms with Crippen LogP contribution in [-0.4, -0.2) is 40.3 Å². The van der Waals surface area contributed by atoms with Gasteiger partial charge in [0.25, 0.3) is 5.91 Å². The Morgan fingerprint density at radius 1 is 1.04 bits per heavy atom. The third kappa shape index (κ3) is 5.42. The van der Waals surface area contributed by atoms with E-state index in [1.165, 1.54) is 23.8 Å². The number of hydrogen-bond acceptors (Lipinski definition) is 3. The van der Waals surface area contributed by atoms with Gasteiger partial charge in [-0.25, -0.2) is 0 Å². The number of nitrogens with zero attached hydrogens (tertiary/aromatic N) is 1. The largest absolute Gasteiger partial charge is 0.483 e. The zero-order valence-corrected chi connectivity index (χ0v) is 15.9. The van der Waals surface area contributed by atoms with E-state index < -0.39 is 7.60 Å². The molecule has 0 aliphatic carbocycles. The molecule has 0 spiro atoms. The summed E-state index contributed by atoms with van der Waals surface area (Å²) in [7, 11) is -4.44. The first-order valence-corrected chi connectivity index (χ1v) is 10.6. The van der Waals surface area contributed by atoms with Crippen molar-refractivity contribution >= 4 is 18.8 Å². The summed E-state index contributed by atoms with van der Waals surface area (Å²) in [6.45, 7) is 1.14. The Labute approximate surface area is 158 Å². The summed E-state index contributed by atoms with van der Waals surface area (Å²) in [6.07, 6.45) is 2.91. The third-order valence-electron chi connectivity index (χ3n) is 4.86. The number of carbonyl (C=O) groups excluding carboxylic acids is 1. The van der Waals surface area contributed by atoms with Crippen LogP contribution in [0.4, 0.5) is 0 Å². The molecule has 144 valence electrons. The highest BCUT2D eigenvalue weighted by Crippen LogP contribution is 2.37. The smallest absolute Gasteiger partial charge is 0.359 e. The minimum absolute atomic E-state index is 0.0538. The zero-order valence-electron chi connectivity index (χ0n) is 15.0. The lowest BCUT2D eigenvalue weighted by atomic mass is 9.90. The topological polar surface area (TPSA) is 87.1 Å². The quantitative estimate of drug-likeness (QED) is 0.741. The van der Waals surface area contributed by atoms with Crippen molar-refractivity contribution in [1.82, 2.24) is 4.90 Å². The maximum Gasteiger partial charge on any atom is 0.359 e. The van der Waals surface area contributed by atoms with E-state index in [1.807, 2.05) is 18.2 Å². The molecule has 1 heterocycles. The number of para-hydroxylation sites is 1. The van der Waals surface area contributed by atoms with Crippen LogP contribution in [-0.2, 0) is 15.8 Å². The van der Waals surface area contributed by atoms with Crippen molar-refractivity contribution < 1.29 is 23.9 Å². The Balaban J connectivity index is 1.50. The molecule has 0 unspecified atom stereocenters. The van der Waals surface area contributed by atoms with E-state index in [0.29, 0.717) is 19.0 Å². The second-order valence-corrected chi connectivity index (χ2v) is 8.38. The van der Waals surface area contributed by atoms with Crippen molar-refractivity contribution in [1.29, 1.82) is 0 Å². The summed E-state index contributed by atoms with van der Waals surface area (Å²) in [4.78, 5) is 32.9. The van der Waals surface area contributed by atoms with Crippen LogP contribution in [0, 0.1) is 5.92 Å². The van der Waals surface area contributed by atoms with Crippen molar-refractivity contribution in [2.24, 2.45) is 5.92 Å². The van der Waals surface area contributed by atoms with Gasteiger partial charge in [0.2, 0.25) is 0 Å². The monoisotopic (exact) mass is 389 g/mol. The lowest BCUT2D eigenvalue weighted by Crippen LogP contribution is -2.41. The molecule has 6 nitrogen and oxygen atoms in total. The molecule has 0 aromatic heterocycles. The number of rotatable bonds is 6. The first-order valence-electron chi connectivity index (χ1n) is 9.03. The summed E-state index contributed by atoms with van der Waals surface area (Å²) in [5.41, 5.74) is 1.32. The van der Waals surface area contributed by atoms with Crippen molar-refractivity contribution in [3.63, 3.8) is 0 Å². The highest BCUT2D eigenvalue weighted by molar-refractivity contribution is 7.60. The number of piperidine rings is 1. The Kier molecular flexibility index (Phi) is 6.32. The maximum absolute atomic E-state index is 12.4. The number of ether oxygens (including phenoxy) is 1. The van der Waals surface area contributed by atoms with E-state index in [-0.39, 0.29) is 23.6 Å². The standard InChI is InChI=1S/C20H24NO5P/c22-20(15-26-18-8-4-5-9-19(18)27(23,24)25)21-12-10-17(11-13-21)14-16-6-2-1-3-7-16/h1-9,17H,10-15H2,(H2,23,24,25). The highest BCUT2D eigenvalue weighted by Gasteiger charge is 2.25. The van der Waals surface area contributed by atoms with Crippen molar-refractivity contribution in [2.75, 3.05) is 19.7 Å². The predicted molar refractivity (Wildman–Crippen MR) is 103 cm³/mol. The highest BCUT2D eigenvalue weighted by atomic mass is 31.2. The molecule has 0 radical (unpaired) electrons. The summed E-state index contributed by atoms with van der Waals surface area (Å²) >= 11 is 0. The fraction of sp³-hybridized carbons (Fsp3) is 0.350. The molecule has 1 fully saturated rings. The van der Waals surface area contributed by atoms with E-state index in [2.05, 4.69) is 12.1 Å². The van der Waals surface area contributed by atoms with Crippen LogP contribution in [0.3, 0.4) is 0 Å². The van der Waals surface area contributed by atoms with Crippen LogP contribution in [0.5, 0.6) is 5.75 Å². The first-order chi connectivity index (χ1) is 12.9. The molecule has 1 aliphatic heterocycles. The minimum Gasteiger partial charge on any atom is -0.483 e. The van der Waals surface area contributed by atoms with Gasteiger partial charge in [0.05, 0.1) is 0 Å². The van der Waals surface area contributed by atoms with E-state index in [4.69, 9.17) is 4.74 Å². The normalized spacial score (nSPS) is 15.6. The van der Waals surface area contributed by atoms with E-state index in [1.54, 1.807) is 11.0 Å². The Morgan fingerprint density at radius 2 is 1.67 bits per heavy atom. The molecular weight excluding hydrogens is 365 g/mol. The molecular formula is C20H24NO5P.